The predicted octanol–water partition coefficient (Wildman–Crippen LogP) is 2.03. The fraction of sp³-hybridized carbons (Fsp3) is 0.0714. The van der Waals surface area contributed by atoms with Crippen molar-refractivity contribution >= 4 is 23.0 Å². The van der Waals surface area contributed by atoms with E-state index in [1.54, 1.807) is 30.3 Å². The van der Waals surface area contributed by atoms with Gasteiger partial charge in [0.25, 0.3) is 11.6 Å². The van der Waals surface area contributed by atoms with Crippen LogP contribution in [0.3, 0.4) is 0 Å². The van der Waals surface area contributed by atoms with Crippen molar-refractivity contribution in [1.82, 2.24) is 5.43 Å². The van der Waals surface area contributed by atoms with Gasteiger partial charge in [-0.25, -0.2) is 0 Å². The summed E-state index contributed by atoms with van der Waals surface area (Å²) >= 11 is 0. The smallest absolute Gasteiger partial charge is 0.300 e. The van der Waals surface area contributed by atoms with Gasteiger partial charge in [0.05, 0.1) is 15.9 Å². The van der Waals surface area contributed by atoms with Gasteiger partial charge in [-0.15, -0.1) is 0 Å². The van der Waals surface area contributed by atoms with Crippen molar-refractivity contribution in [3.63, 3.8) is 0 Å². The molecule has 24 heavy (non-hydrogen) atoms. The number of hydrazine groups is 1. The summed E-state index contributed by atoms with van der Waals surface area (Å²) in [6.07, 6.45) is 0. The lowest BCUT2D eigenvalue weighted by Crippen LogP contribution is -2.33. The van der Waals surface area contributed by atoms with Crippen molar-refractivity contribution in [3.8, 4) is 5.75 Å². The summed E-state index contributed by atoms with van der Waals surface area (Å²) in [5.41, 5.74) is 3.53. The molecule has 0 spiro atoms. The third kappa shape index (κ3) is 4.40. The number of hydrogen-bond acceptors (Lipinski definition) is 7. The Bertz CT molecular complexity index is 765. The summed E-state index contributed by atoms with van der Waals surface area (Å²) in [6, 6.07) is 11.6. The molecule has 2 N–H and O–H groups in total. The minimum absolute atomic E-state index is 0.0846. The van der Waals surface area contributed by atoms with E-state index in [4.69, 9.17) is 4.74 Å². The van der Waals surface area contributed by atoms with Gasteiger partial charge in [0.1, 0.15) is 11.4 Å². The lowest BCUT2D eigenvalue weighted by Gasteiger charge is -2.09. The van der Waals surface area contributed by atoms with Crippen molar-refractivity contribution in [2.75, 3.05) is 12.0 Å². The van der Waals surface area contributed by atoms with Crippen LogP contribution in [0.5, 0.6) is 5.75 Å². The molecule has 124 valence electrons. The monoisotopic (exact) mass is 332 g/mol. The van der Waals surface area contributed by atoms with Crippen LogP contribution in [0.2, 0.25) is 0 Å². The second kappa shape index (κ2) is 7.54. The van der Waals surface area contributed by atoms with E-state index in [2.05, 4.69) is 10.9 Å². The summed E-state index contributed by atoms with van der Waals surface area (Å²) in [5, 5.41) is 21.6. The third-order valence-electron chi connectivity index (χ3n) is 2.84. The Kier molecular flexibility index (Phi) is 5.24. The SMILES string of the molecule is O=C(COc1ccccc1)NNc1ccc([N+](=O)[O-])cc1[N+](=O)[O-]. The van der Waals surface area contributed by atoms with Gasteiger partial charge in [0.15, 0.2) is 6.61 Å². The molecule has 0 saturated carbocycles. The number of hydrogen-bond donors (Lipinski definition) is 2. The number of anilines is 1. The van der Waals surface area contributed by atoms with Crippen molar-refractivity contribution in [1.29, 1.82) is 0 Å². The van der Waals surface area contributed by atoms with Crippen LogP contribution < -0.4 is 15.6 Å². The molecule has 0 aromatic heterocycles. The molecular formula is C14H12N4O6. The number of amides is 1. The van der Waals surface area contributed by atoms with Crippen molar-refractivity contribution in [3.05, 3.63) is 68.8 Å². The number of ether oxygens (including phenoxy) is 1. The maximum Gasteiger partial charge on any atom is 0.300 e. The van der Waals surface area contributed by atoms with E-state index in [-0.39, 0.29) is 12.3 Å². The van der Waals surface area contributed by atoms with Crippen LogP contribution in [-0.4, -0.2) is 22.4 Å². The first-order valence-electron chi connectivity index (χ1n) is 6.63. The zero-order valence-electron chi connectivity index (χ0n) is 12.2. The summed E-state index contributed by atoms with van der Waals surface area (Å²) in [7, 11) is 0. The average molecular weight is 332 g/mol. The molecule has 0 radical (unpaired) electrons. The molecule has 2 aromatic rings. The lowest BCUT2D eigenvalue weighted by molar-refractivity contribution is -0.393. The molecule has 2 rings (SSSR count). The number of carbonyl (C=O) groups is 1. The van der Waals surface area contributed by atoms with Gasteiger partial charge in [-0.05, 0) is 18.2 Å². The first-order valence-corrected chi connectivity index (χ1v) is 6.63. The zero-order chi connectivity index (χ0) is 17.5. The average Bonchev–Trinajstić information content (AvgIpc) is 2.58. The number of nitrogens with one attached hydrogen (secondary N) is 2. The number of benzene rings is 2. The Labute approximate surface area is 135 Å². The molecule has 0 aliphatic carbocycles. The zero-order valence-corrected chi connectivity index (χ0v) is 12.2. The van der Waals surface area contributed by atoms with Crippen LogP contribution in [0.25, 0.3) is 0 Å². The molecule has 0 heterocycles. The second-order valence-corrected chi connectivity index (χ2v) is 4.49. The molecule has 0 aliphatic rings. The number of nitro groups is 2. The van der Waals surface area contributed by atoms with E-state index in [0.29, 0.717) is 5.75 Å². The quantitative estimate of drug-likeness (QED) is 0.584. The van der Waals surface area contributed by atoms with E-state index in [0.717, 1.165) is 18.2 Å². The number of nitro benzene ring substituents is 2. The molecule has 1 amide bonds. The third-order valence-corrected chi connectivity index (χ3v) is 2.84. The van der Waals surface area contributed by atoms with Crippen molar-refractivity contribution in [2.24, 2.45) is 0 Å². The summed E-state index contributed by atoms with van der Waals surface area (Å²) < 4.78 is 5.21. The topological polar surface area (TPSA) is 137 Å². The first-order chi connectivity index (χ1) is 11.5. The minimum Gasteiger partial charge on any atom is -0.484 e. The maximum absolute atomic E-state index is 11.7. The summed E-state index contributed by atoms with van der Waals surface area (Å²) in [5.74, 6) is -0.0829. The lowest BCUT2D eigenvalue weighted by atomic mass is 10.2. The van der Waals surface area contributed by atoms with E-state index in [1.807, 2.05) is 0 Å². The van der Waals surface area contributed by atoms with E-state index >= 15 is 0 Å². The molecular weight excluding hydrogens is 320 g/mol. The Morgan fingerprint density at radius 3 is 2.38 bits per heavy atom. The number of rotatable bonds is 7. The van der Waals surface area contributed by atoms with Crippen molar-refractivity contribution < 1.29 is 19.4 Å². The number of para-hydroxylation sites is 1. The molecule has 0 atom stereocenters. The Hall–Kier alpha value is -3.69. The van der Waals surface area contributed by atoms with E-state index in [1.165, 1.54) is 0 Å². The van der Waals surface area contributed by atoms with Crippen molar-refractivity contribution in [2.45, 2.75) is 0 Å². The van der Waals surface area contributed by atoms with Crippen LogP contribution in [0.1, 0.15) is 0 Å². The van der Waals surface area contributed by atoms with Gasteiger partial charge in [0.2, 0.25) is 0 Å². The highest BCUT2D eigenvalue weighted by Gasteiger charge is 2.19. The molecule has 0 bridgehead atoms. The molecule has 10 nitrogen and oxygen atoms in total. The highest BCUT2D eigenvalue weighted by atomic mass is 16.6. The van der Waals surface area contributed by atoms with E-state index < -0.39 is 27.1 Å². The molecule has 2 aromatic carbocycles. The highest BCUT2D eigenvalue weighted by Crippen LogP contribution is 2.28. The highest BCUT2D eigenvalue weighted by molar-refractivity contribution is 5.80. The number of non-ortho nitro benzene ring substituents is 1. The maximum atomic E-state index is 11.7. The van der Waals surface area contributed by atoms with E-state index in [9.17, 15) is 25.0 Å². The van der Waals surface area contributed by atoms with Crippen LogP contribution in [0.15, 0.2) is 48.5 Å². The normalized spacial score (nSPS) is 9.83. The van der Waals surface area contributed by atoms with Gasteiger partial charge in [-0.3, -0.25) is 35.9 Å². The standard InChI is InChI=1S/C14H12N4O6/c19-14(9-24-11-4-2-1-3-5-11)16-15-12-7-6-10(17(20)21)8-13(12)18(22)23/h1-8,15H,9H2,(H,16,19). The molecule has 0 aliphatic heterocycles. The second-order valence-electron chi connectivity index (χ2n) is 4.49. The van der Waals surface area contributed by atoms with Crippen LogP contribution in [0.4, 0.5) is 17.1 Å². The Morgan fingerprint density at radius 2 is 1.75 bits per heavy atom. The van der Waals surface area contributed by atoms with Gasteiger partial charge in [-0.2, -0.15) is 0 Å². The Morgan fingerprint density at radius 1 is 1.04 bits per heavy atom. The molecule has 0 fully saturated rings. The largest absolute Gasteiger partial charge is 0.484 e. The molecule has 10 heteroatoms. The minimum atomic E-state index is -0.790. The first kappa shape index (κ1) is 16.7. The number of carbonyl (C=O) groups excluding carboxylic acids is 1. The predicted molar refractivity (Wildman–Crippen MR) is 83.5 cm³/mol. The fourth-order valence-electron chi connectivity index (χ4n) is 1.73. The van der Waals surface area contributed by atoms with Crippen LogP contribution in [0, 0.1) is 20.2 Å². The van der Waals surface area contributed by atoms with Gasteiger partial charge in [0, 0.05) is 6.07 Å². The van der Waals surface area contributed by atoms with Gasteiger partial charge >= 0.3 is 5.69 Å². The van der Waals surface area contributed by atoms with Crippen LogP contribution >= 0.6 is 0 Å². The summed E-state index contributed by atoms with van der Waals surface area (Å²) in [6.45, 7) is -0.308. The summed E-state index contributed by atoms with van der Waals surface area (Å²) in [4.78, 5) is 31.7. The number of nitrogens with zero attached hydrogens (tertiary/aromatic N) is 2. The van der Waals surface area contributed by atoms with Crippen LogP contribution in [-0.2, 0) is 4.79 Å². The van der Waals surface area contributed by atoms with Gasteiger partial charge < -0.3 is 4.74 Å². The molecule has 0 saturated heterocycles. The fourth-order valence-corrected chi connectivity index (χ4v) is 1.73. The Balaban J connectivity index is 1.97. The van der Waals surface area contributed by atoms with Gasteiger partial charge in [-0.1, -0.05) is 18.2 Å². The molecule has 0 unspecified atom stereocenters.